The molecule has 8 nitrogen and oxygen atoms in total. The quantitative estimate of drug-likeness (QED) is 0.290. The molecule has 0 radical (unpaired) electrons. The van der Waals surface area contributed by atoms with Crippen molar-refractivity contribution in [3.05, 3.63) is 104 Å². The summed E-state index contributed by atoms with van der Waals surface area (Å²) in [6.45, 7) is 2.31. The van der Waals surface area contributed by atoms with Gasteiger partial charge in [0.1, 0.15) is 11.3 Å². The number of methoxy groups -OCH3 is 2. The number of hydrogen-bond acceptors (Lipinski definition) is 8. The minimum absolute atomic E-state index is 0.114. The molecule has 0 unspecified atom stereocenters. The second-order valence-corrected chi connectivity index (χ2v) is 8.76. The first-order valence-corrected chi connectivity index (χ1v) is 11.7. The van der Waals surface area contributed by atoms with Gasteiger partial charge in [-0.05, 0) is 48.4 Å². The van der Waals surface area contributed by atoms with Crippen LogP contribution in [-0.2, 0) is 22.4 Å². The molecule has 0 bridgehead atoms. The Kier molecular flexibility index (Phi) is 6.40. The Bertz CT molecular complexity index is 1570. The van der Waals surface area contributed by atoms with Crippen molar-refractivity contribution in [1.29, 1.82) is 0 Å². The number of ether oxygens (including phenoxy) is 3. The van der Waals surface area contributed by atoms with Gasteiger partial charge in [0.2, 0.25) is 0 Å². The van der Waals surface area contributed by atoms with E-state index >= 15 is 0 Å². The number of nitrogens with zero attached hydrogens (tertiary/aromatic N) is 1. The zero-order valence-corrected chi connectivity index (χ0v) is 20.7. The standard InChI is InChI=1S/C29H25NO7/c1-17-20-11-12-25-23(26(20)37-29(33)22(17)13-18-7-5-4-6-8-18)15-30(16-36-25)24-14-19(27(31)34-2)9-10-21(24)28(32)35-3/h4-12,14H,13,15-16H2,1-3H3. The van der Waals surface area contributed by atoms with Crippen LogP contribution in [0, 0.1) is 6.92 Å². The molecule has 37 heavy (non-hydrogen) atoms. The van der Waals surface area contributed by atoms with Gasteiger partial charge in [-0.3, -0.25) is 0 Å². The van der Waals surface area contributed by atoms with Gasteiger partial charge in [-0.15, -0.1) is 0 Å². The fraction of sp³-hybridized carbons (Fsp3) is 0.207. The molecule has 1 aliphatic rings. The molecule has 0 spiro atoms. The van der Waals surface area contributed by atoms with Crippen LogP contribution in [0.25, 0.3) is 11.0 Å². The monoisotopic (exact) mass is 499 g/mol. The van der Waals surface area contributed by atoms with E-state index in [9.17, 15) is 14.4 Å². The third-order valence-corrected chi connectivity index (χ3v) is 6.63. The lowest BCUT2D eigenvalue weighted by molar-refractivity contribution is 0.0587. The second kappa shape index (κ2) is 9.81. The first-order chi connectivity index (χ1) is 17.9. The Morgan fingerprint density at radius 3 is 2.46 bits per heavy atom. The van der Waals surface area contributed by atoms with Crippen molar-refractivity contribution in [2.24, 2.45) is 0 Å². The molecule has 0 saturated heterocycles. The average Bonchev–Trinajstić information content (AvgIpc) is 2.94. The Hall–Kier alpha value is -4.59. The number of hydrogen-bond donors (Lipinski definition) is 0. The highest BCUT2D eigenvalue weighted by molar-refractivity contribution is 5.99. The molecular weight excluding hydrogens is 474 g/mol. The molecule has 1 aromatic heterocycles. The van der Waals surface area contributed by atoms with Crippen LogP contribution in [0.4, 0.5) is 5.69 Å². The van der Waals surface area contributed by atoms with E-state index in [4.69, 9.17) is 18.6 Å². The van der Waals surface area contributed by atoms with Crippen LogP contribution >= 0.6 is 0 Å². The highest BCUT2D eigenvalue weighted by Crippen LogP contribution is 2.36. The summed E-state index contributed by atoms with van der Waals surface area (Å²) >= 11 is 0. The minimum atomic E-state index is -0.553. The van der Waals surface area contributed by atoms with Crippen LogP contribution < -0.4 is 15.3 Å². The van der Waals surface area contributed by atoms with Crippen molar-refractivity contribution in [2.45, 2.75) is 19.9 Å². The largest absolute Gasteiger partial charge is 0.473 e. The molecule has 2 heterocycles. The van der Waals surface area contributed by atoms with Gasteiger partial charge in [0, 0.05) is 17.4 Å². The van der Waals surface area contributed by atoms with Gasteiger partial charge in [0.25, 0.3) is 0 Å². The molecule has 188 valence electrons. The number of anilines is 1. The maximum atomic E-state index is 13.1. The van der Waals surface area contributed by atoms with Crippen molar-refractivity contribution in [1.82, 2.24) is 0 Å². The van der Waals surface area contributed by atoms with E-state index in [1.807, 2.05) is 49.4 Å². The molecular formula is C29H25NO7. The summed E-state index contributed by atoms with van der Waals surface area (Å²) in [5.41, 5.74) is 4.17. The highest BCUT2D eigenvalue weighted by Gasteiger charge is 2.27. The number of fused-ring (bicyclic) bond motifs is 3. The summed E-state index contributed by atoms with van der Waals surface area (Å²) in [5.74, 6) is -0.497. The number of esters is 2. The van der Waals surface area contributed by atoms with Gasteiger partial charge < -0.3 is 23.5 Å². The van der Waals surface area contributed by atoms with Crippen molar-refractivity contribution in [2.75, 3.05) is 25.9 Å². The van der Waals surface area contributed by atoms with Crippen LogP contribution in [0.15, 0.2) is 69.9 Å². The zero-order chi connectivity index (χ0) is 26.1. The molecule has 0 fully saturated rings. The normalized spacial score (nSPS) is 12.6. The van der Waals surface area contributed by atoms with Crippen molar-refractivity contribution in [3.63, 3.8) is 0 Å². The lowest BCUT2D eigenvalue weighted by Crippen LogP contribution is -2.33. The Morgan fingerprint density at radius 2 is 1.73 bits per heavy atom. The maximum Gasteiger partial charge on any atom is 0.340 e. The molecule has 0 aliphatic carbocycles. The van der Waals surface area contributed by atoms with E-state index < -0.39 is 17.6 Å². The topological polar surface area (TPSA) is 95.3 Å². The van der Waals surface area contributed by atoms with Crippen molar-refractivity contribution < 1.29 is 28.2 Å². The van der Waals surface area contributed by atoms with Gasteiger partial charge in [0.05, 0.1) is 43.1 Å². The van der Waals surface area contributed by atoms with E-state index in [2.05, 4.69) is 0 Å². The molecule has 3 aromatic carbocycles. The van der Waals surface area contributed by atoms with E-state index in [1.54, 1.807) is 11.0 Å². The van der Waals surface area contributed by atoms with Crippen LogP contribution in [0.3, 0.4) is 0 Å². The number of rotatable bonds is 5. The fourth-order valence-corrected chi connectivity index (χ4v) is 4.64. The summed E-state index contributed by atoms with van der Waals surface area (Å²) < 4.78 is 21.7. The average molecular weight is 500 g/mol. The third kappa shape index (κ3) is 4.42. The molecule has 0 N–H and O–H groups in total. The number of benzene rings is 3. The molecule has 0 saturated carbocycles. The van der Waals surface area contributed by atoms with Gasteiger partial charge in [-0.2, -0.15) is 0 Å². The smallest absolute Gasteiger partial charge is 0.340 e. The summed E-state index contributed by atoms with van der Waals surface area (Å²) in [6, 6.07) is 18.1. The van der Waals surface area contributed by atoms with Crippen LogP contribution in [0.1, 0.15) is 43.0 Å². The summed E-state index contributed by atoms with van der Waals surface area (Å²) in [7, 11) is 2.58. The van der Waals surface area contributed by atoms with E-state index in [0.29, 0.717) is 34.6 Å². The predicted molar refractivity (Wildman–Crippen MR) is 137 cm³/mol. The molecule has 5 rings (SSSR count). The first-order valence-electron chi connectivity index (χ1n) is 11.7. The van der Waals surface area contributed by atoms with E-state index in [0.717, 1.165) is 16.5 Å². The Morgan fingerprint density at radius 1 is 0.973 bits per heavy atom. The fourth-order valence-electron chi connectivity index (χ4n) is 4.64. The third-order valence-electron chi connectivity index (χ3n) is 6.63. The summed E-state index contributed by atoms with van der Waals surface area (Å²) in [6.07, 6.45) is 0.466. The van der Waals surface area contributed by atoms with Gasteiger partial charge in [0.15, 0.2) is 6.73 Å². The van der Waals surface area contributed by atoms with Crippen LogP contribution in [-0.4, -0.2) is 32.9 Å². The lowest BCUT2D eigenvalue weighted by Gasteiger charge is -2.32. The zero-order valence-electron chi connectivity index (χ0n) is 20.7. The minimum Gasteiger partial charge on any atom is -0.473 e. The number of aryl methyl sites for hydroxylation is 1. The Balaban J connectivity index is 1.59. The van der Waals surface area contributed by atoms with Gasteiger partial charge in [-0.1, -0.05) is 30.3 Å². The number of carbonyl (C=O) groups excluding carboxylic acids is 2. The van der Waals surface area contributed by atoms with Crippen LogP contribution in [0.2, 0.25) is 0 Å². The van der Waals surface area contributed by atoms with Gasteiger partial charge >= 0.3 is 17.6 Å². The van der Waals surface area contributed by atoms with E-state index in [1.165, 1.54) is 26.4 Å². The van der Waals surface area contributed by atoms with Crippen molar-refractivity contribution >= 4 is 28.6 Å². The predicted octanol–water partition coefficient (Wildman–Crippen LogP) is 4.62. The Labute approximate surface area is 213 Å². The highest BCUT2D eigenvalue weighted by atomic mass is 16.5. The molecule has 8 heteroatoms. The van der Waals surface area contributed by atoms with Crippen molar-refractivity contribution in [3.8, 4) is 5.75 Å². The second-order valence-electron chi connectivity index (χ2n) is 8.76. The molecule has 4 aromatic rings. The SMILES string of the molecule is COC(=O)c1ccc(C(=O)OC)c(N2COc3ccc4c(C)c(Cc5ccccc5)c(=O)oc4c3C2)c1. The maximum absolute atomic E-state index is 13.1. The molecule has 0 amide bonds. The lowest BCUT2D eigenvalue weighted by atomic mass is 9.97. The molecule has 0 atom stereocenters. The van der Waals surface area contributed by atoms with Crippen LogP contribution in [0.5, 0.6) is 5.75 Å². The summed E-state index contributed by atoms with van der Waals surface area (Å²) in [5, 5.41) is 0.811. The van der Waals surface area contributed by atoms with E-state index in [-0.39, 0.29) is 24.4 Å². The van der Waals surface area contributed by atoms with Gasteiger partial charge in [-0.25, -0.2) is 14.4 Å². The molecule has 1 aliphatic heterocycles. The summed E-state index contributed by atoms with van der Waals surface area (Å²) in [4.78, 5) is 39.6. The first kappa shape index (κ1) is 24.1. The number of carbonyl (C=O) groups is 2.